The third kappa shape index (κ3) is 2.61. The van der Waals surface area contributed by atoms with Gasteiger partial charge in [0.25, 0.3) is 0 Å². The SMILES string of the molecule is CCN1CC(CCC(=O)O)OC1=O. The number of likely N-dealkylation sites (N-methyl/N-ethyl adjacent to an activating group) is 1. The van der Waals surface area contributed by atoms with Crippen molar-refractivity contribution in [2.45, 2.75) is 25.9 Å². The van der Waals surface area contributed by atoms with Crippen LogP contribution < -0.4 is 0 Å². The van der Waals surface area contributed by atoms with Crippen LogP contribution in [0, 0.1) is 0 Å². The van der Waals surface area contributed by atoms with Crippen molar-refractivity contribution < 1.29 is 19.4 Å². The first-order chi connectivity index (χ1) is 6.13. The van der Waals surface area contributed by atoms with Crippen LogP contribution in [0.2, 0.25) is 0 Å². The molecule has 1 atom stereocenters. The molecule has 1 aliphatic heterocycles. The van der Waals surface area contributed by atoms with E-state index >= 15 is 0 Å². The Kier molecular flexibility index (Phi) is 3.11. The number of carbonyl (C=O) groups is 2. The van der Waals surface area contributed by atoms with Crippen LogP contribution in [-0.2, 0) is 9.53 Å². The number of nitrogens with zero attached hydrogens (tertiary/aromatic N) is 1. The second kappa shape index (κ2) is 4.11. The van der Waals surface area contributed by atoms with Crippen LogP contribution >= 0.6 is 0 Å². The maximum atomic E-state index is 11.0. The van der Waals surface area contributed by atoms with E-state index < -0.39 is 5.97 Å². The first-order valence-corrected chi connectivity index (χ1v) is 4.30. The second-order valence-electron chi connectivity index (χ2n) is 2.98. The number of aliphatic carboxylic acids is 1. The van der Waals surface area contributed by atoms with E-state index in [1.807, 2.05) is 6.92 Å². The van der Waals surface area contributed by atoms with Gasteiger partial charge < -0.3 is 14.7 Å². The summed E-state index contributed by atoms with van der Waals surface area (Å²) < 4.78 is 4.94. The van der Waals surface area contributed by atoms with Crippen LogP contribution in [-0.4, -0.2) is 41.3 Å². The van der Waals surface area contributed by atoms with Crippen molar-refractivity contribution in [3.63, 3.8) is 0 Å². The third-order valence-corrected chi connectivity index (χ3v) is 2.01. The average molecular weight is 187 g/mol. The van der Waals surface area contributed by atoms with Gasteiger partial charge in [-0.15, -0.1) is 0 Å². The van der Waals surface area contributed by atoms with Crippen molar-refractivity contribution in [1.82, 2.24) is 4.90 Å². The highest BCUT2D eigenvalue weighted by Gasteiger charge is 2.29. The van der Waals surface area contributed by atoms with Crippen molar-refractivity contribution in [3.05, 3.63) is 0 Å². The fraction of sp³-hybridized carbons (Fsp3) is 0.750. The van der Waals surface area contributed by atoms with E-state index in [4.69, 9.17) is 9.84 Å². The van der Waals surface area contributed by atoms with E-state index in [9.17, 15) is 9.59 Å². The third-order valence-electron chi connectivity index (χ3n) is 2.01. The fourth-order valence-electron chi connectivity index (χ4n) is 1.27. The molecule has 1 aliphatic rings. The van der Waals surface area contributed by atoms with Gasteiger partial charge in [-0.05, 0) is 13.3 Å². The number of carbonyl (C=O) groups excluding carboxylic acids is 1. The summed E-state index contributed by atoms with van der Waals surface area (Å²) in [5.41, 5.74) is 0. The lowest BCUT2D eigenvalue weighted by Gasteiger charge is -2.07. The Labute approximate surface area is 76.3 Å². The highest BCUT2D eigenvalue weighted by molar-refractivity contribution is 5.70. The van der Waals surface area contributed by atoms with Crippen molar-refractivity contribution >= 4 is 12.1 Å². The quantitative estimate of drug-likeness (QED) is 0.703. The molecule has 0 bridgehead atoms. The highest BCUT2D eigenvalue weighted by atomic mass is 16.6. The maximum Gasteiger partial charge on any atom is 0.410 e. The summed E-state index contributed by atoms with van der Waals surface area (Å²) in [5.74, 6) is -0.856. The van der Waals surface area contributed by atoms with Crippen LogP contribution in [0.1, 0.15) is 19.8 Å². The number of hydrogen-bond acceptors (Lipinski definition) is 3. The molecular weight excluding hydrogens is 174 g/mol. The minimum Gasteiger partial charge on any atom is -0.481 e. The predicted molar refractivity (Wildman–Crippen MR) is 44.4 cm³/mol. The topological polar surface area (TPSA) is 66.8 Å². The molecule has 74 valence electrons. The van der Waals surface area contributed by atoms with E-state index in [1.165, 1.54) is 0 Å². The highest BCUT2D eigenvalue weighted by Crippen LogP contribution is 2.14. The molecule has 0 aromatic rings. The minimum atomic E-state index is -0.856. The molecule has 1 N–H and O–H groups in total. The van der Waals surface area contributed by atoms with Crippen LogP contribution in [0.25, 0.3) is 0 Å². The molecule has 5 nitrogen and oxygen atoms in total. The Morgan fingerprint density at radius 1 is 1.77 bits per heavy atom. The van der Waals surface area contributed by atoms with Gasteiger partial charge in [0.15, 0.2) is 0 Å². The number of hydrogen-bond donors (Lipinski definition) is 1. The molecule has 1 fully saturated rings. The molecule has 0 aromatic heterocycles. The first-order valence-electron chi connectivity index (χ1n) is 4.30. The fourth-order valence-corrected chi connectivity index (χ4v) is 1.27. The van der Waals surface area contributed by atoms with E-state index in [1.54, 1.807) is 4.90 Å². The largest absolute Gasteiger partial charge is 0.481 e. The van der Waals surface area contributed by atoms with Crippen LogP contribution in [0.3, 0.4) is 0 Å². The Morgan fingerprint density at radius 3 is 2.92 bits per heavy atom. The summed E-state index contributed by atoms with van der Waals surface area (Å²) in [4.78, 5) is 22.8. The lowest BCUT2D eigenvalue weighted by atomic mass is 10.2. The zero-order valence-corrected chi connectivity index (χ0v) is 7.52. The lowest BCUT2D eigenvalue weighted by Crippen LogP contribution is -2.24. The van der Waals surface area contributed by atoms with Crippen molar-refractivity contribution in [1.29, 1.82) is 0 Å². The van der Waals surface area contributed by atoms with Gasteiger partial charge in [-0.3, -0.25) is 4.79 Å². The molecule has 13 heavy (non-hydrogen) atoms. The first kappa shape index (κ1) is 9.83. The Bertz CT molecular complexity index is 216. The van der Waals surface area contributed by atoms with Crippen molar-refractivity contribution in [3.8, 4) is 0 Å². The van der Waals surface area contributed by atoms with Gasteiger partial charge in [-0.25, -0.2) is 4.79 Å². The maximum absolute atomic E-state index is 11.0. The average Bonchev–Trinajstić information content (AvgIpc) is 2.43. The molecule has 0 aromatic carbocycles. The predicted octanol–water partition coefficient (Wildman–Crippen LogP) is 0.692. The van der Waals surface area contributed by atoms with Gasteiger partial charge in [0.05, 0.1) is 6.54 Å². The minimum absolute atomic E-state index is 0.0511. The monoisotopic (exact) mass is 187 g/mol. The van der Waals surface area contributed by atoms with Gasteiger partial charge in [0, 0.05) is 13.0 Å². The Hall–Kier alpha value is -1.26. The van der Waals surface area contributed by atoms with Gasteiger partial charge in [0.1, 0.15) is 6.10 Å². The second-order valence-corrected chi connectivity index (χ2v) is 2.98. The number of carboxylic acid groups (broad SMARTS) is 1. The molecule has 5 heteroatoms. The zero-order chi connectivity index (χ0) is 9.84. The van der Waals surface area contributed by atoms with E-state index in [0.717, 1.165) is 0 Å². The normalized spacial score (nSPS) is 21.8. The molecule has 1 saturated heterocycles. The summed E-state index contributed by atoms with van der Waals surface area (Å²) >= 11 is 0. The molecule has 1 rings (SSSR count). The molecule has 0 aliphatic carbocycles. The Morgan fingerprint density at radius 2 is 2.46 bits per heavy atom. The number of ether oxygens (including phenoxy) is 1. The summed E-state index contributed by atoms with van der Waals surface area (Å²) in [5, 5.41) is 8.41. The summed E-state index contributed by atoms with van der Waals surface area (Å²) in [7, 11) is 0. The van der Waals surface area contributed by atoms with E-state index in [2.05, 4.69) is 0 Å². The van der Waals surface area contributed by atoms with Gasteiger partial charge >= 0.3 is 12.1 Å². The van der Waals surface area contributed by atoms with Crippen LogP contribution in [0.15, 0.2) is 0 Å². The lowest BCUT2D eigenvalue weighted by molar-refractivity contribution is -0.137. The molecule has 1 unspecified atom stereocenters. The summed E-state index contributed by atoms with van der Waals surface area (Å²) in [6.45, 7) is 2.99. The van der Waals surface area contributed by atoms with E-state index in [0.29, 0.717) is 19.5 Å². The van der Waals surface area contributed by atoms with Gasteiger partial charge in [0.2, 0.25) is 0 Å². The van der Waals surface area contributed by atoms with Crippen LogP contribution in [0.5, 0.6) is 0 Å². The van der Waals surface area contributed by atoms with Gasteiger partial charge in [-0.1, -0.05) is 0 Å². The Balaban J connectivity index is 2.31. The van der Waals surface area contributed by atoms with Crippen molar-refractivity contribution in [2.75, 3.05) is 13.1 Å². The van der Waals surface area contributed by atoms with Gasteiger partial charge in [-0.2, -0.15) is 0 Å². The number of amides is 1. The smallest absolute Gasteiger partial charge is 0.410 e. The number of rotatable bonds is 4. The molecule has 1 heterocycles. The molecule has 0 spiro atoms. The molecule has 1 amide bonds. The van der Waals surface area contributed by atoms with Crippen LogP contribution in [0.4, 0.5) is 4.79 Å². The molecule has 0 radical (unpaired) electrons. The molecule has 0 saturated carbocycles. The molecular formula is C8H13NO4. The van der Waals surface area contributed by atoms with E-state index in [-0.39, 0.29) is 18.6 Å². The standard InChI is InChI=1S/C8H13NO4/c1-2-9-5-6(13-8(9)12)3-4-7(10)11/h6H,2-5H2,1H3,(H,10,11). The summed E-state index contributed by atoms with van der Waals surface area (Å²) in [6, 6.07) is 0. The number of cyclic esters (lactones) is 1. The van der Waals surface area contributed by atoms with Crippen molar-refractivity contribution in [2.24, 2.45) is 0 Å². The zero-order valence-electron chi connectivity index (χ0n) is 7.52. The number of carboxylic acids is 1. The summed E-state index contributed by atoms with van der Waals surface area (Å²) in [6.07, 6.45) is -0.131.